The zero-order valence-electron chi connectivity index (χ0n) is 17.3. The number of allylic oxidation sites excluding steroid dienone is 1. The van der Waals surface area contributed by atoms with Crippen LogP contribution in [-0.2, 0) is 20.9 Å². The fourth-order valence-corrected chi connectivity index (χ4v) is 4.02. The van der Waals surface area contributed by atoms with E-state index in [0.29, 0.717) is 29.6 Å². The molecular weight excluding hydrogens is 412 g/mol. The quantitative estimate of drug-likeness (QED) is 0.590. The molecule has 0 fully saturated rings. The lowest BCUT2D eigenvalue weighted by Crippen LogP contribution is -2.31. The van der Waals surface area contributed by atoms with Gasteiger partial charge in [0.25, 0.3) is 0 Å². The minimum atomic E-state index is -0.368. The third-order valence-electron chi connectivity index (χ3n) is 4.69. The highest BCUT2D eigenvalue weighted by molar-refractivity contribution is 8.03. The van der Waals surface area contributed by atoms with Gasteiger partial charge in [-0.15, -0.1) is 0 Å². The first-order chi connectivity index (χ1) is 15.1. The summed E-state index contributed by atoms with van der Waals surface area (Å²) in [5.74, 6) is -0.162. The molecule has 1 heterocycles. The molecule has 6 nitrogen and oxygen atoms in total. The Morgan fingerprint density at radius 1 is 1.19 bits per heavy atom. The van der Waals surface area contributed by atoms with Gasteiger partial charge in [-0.3, -0.25) is 9.59 Å². The molecule has 0 saturated heterocycles. The molecule has 1 atom stereocenters. The second kappa shape index (κ2) is 11.2. The second-order valence-electron chi connectivity index (χ2n) is 7.01. The Bertz CT molecular complexity index is 981. The Hall–Kier alpha value is -3.24. The first-order valence-electron chi connectivity index (χ1n) is 10.1. The van der Waals surface area contributed by atoms with E-state index < -0.39 is 0 Å². The number of amides is 1. The summed E-state index contributed by atoms with van der Waals surface area (Å²) in [5, 5.41) is 12.9. The van der Waals surface area contributed by atoms with E-state index in [0.717, 1.165) is 29.3 Å². The Balaban J connectivity index is 1.70. The molecule has 0 bridgehead atoms. The molecule has 0 saturated carbocycles. The Labute approximate surface area is 186 Å². The molecule has 0 aliphatic carbocycles. The summed E-state index contributed by atoms with van der Waals surface area (Å²) in [6.45, 7) is 2.74. The largest absolute Gasteiger partial charge is 0.489 e. The van der Waals surface area contributed by atoms with Crippen LogP contribution in [0.4, 0.5) is 0 Å². The van der Waals surface area contributed by atoms with Gasteiger partial charge >= 0.3 is 5.97 Å². The van der Waals surface area contributed by atoms with Crippen LogP contribution >= 0.6 is 11.8 Å². The van der Waals surface area contributed by atoms with Crippen LogP contribution < -0.4 is 10.1 Å². The summed E-state index contributed by atoms with van der Waals surface area (Å²) >= 11 is 1.13. The normalized spacial score (nSPS) is 15.7. The van der Waals surface area contributed by atoms with Crippen LogP contribution in [0.1, 0.15) is 36.8 Å². The highest BCUT2D eigenvalue weighted by atomic mass is 32.2. The first kappa shape index (κ1) is 22.4. The molecule has 7 heteroatoms. The molecule has 2 aromatic rings. The molecule has 1 aliphatic rings. The average Bonchev–Trinajstić information content (AvgIpc) is 2.80. The van der Waals surface area contributed by atoms with Crippen LogP contribution in [0.3, 0.4) is 0 Å². The number of benzene rings is 2. The van der Waals surface area contributed by atoms with Crippen molar-refractivity contribution in [3.05, 3.63) is 76.3 Å². The van der Waals surface area contributed by atoms with E-state index in [-0.39, 0.29) is 30.0 Å². The number of carbonyl (C=O) groups excluding carboxylic acids is 2. The monoisotopic (exact) mass is 436 g/mol. The average molecular weight is 437 g/mol. The van der Waals surface area contributed by atoms with Crippen molar-refractivity contribution in [2.45, 2.75) is 32.3 Å². The molecular formula is C24H24N2O4S. The van der Waals surface area contributed by atoms with E-state index in [1.54, 1.807) is 0 Å². The zero-order chi connectivity index (χ0) is 22.1. The summed E-state index contributed by atoms with van der Waals surface area (Å²) in [5.41, 5.74) is 2.38. The van der Waals surface area contributed by atoms with Gasteiger partial charge in [0, 0.05) is 12.3 Å². The van der Waals surface area contributed by atoms with Crippen molar-refractivity contribution in [1.82, 2.24) is 5.32 Å². The van der Waals surface area contributed by atoms with Crippen molar-refractivity contribution in [1.29, 1.82) is 5.26 Å². The van der Waals surface area contributed by atoms with E-state index in [1.165, 1.54) is 0 Å². The van der Waals surface area contributed by atoms with Crippen LogP contribution in [0.5, 0.6) is 5.75 Å². The maximum absolute atomic E-state index is 12.3. The molecule has 0 unspecified atom stereocenters. The van der Waals surface area contributed by atoms with Crippen molar-refractivity contribution in [2.75, 3.05) is 12.4 Å². The number of esters is 1. The third kappa shape index (κ3) is 6.37. The summed E-state index contributed by atoms with van der Waals surface area (Å²) in [4.78, 5) is 24.1. The maximum Gasteiger partial charge on any atom is 0.316 e. The van der Waals surface area contributed by atoms with Crippen molar-refractivity contribution < 1.29 is 19.1 Å². The van der Waals surface area contributed by atoms with E-state index in [2.05, 4.69) is 11.4 Å². The van der Waals surface area contributed by atoms with Crippen molar-refractivity contribution in [3.8, 4) is 11.8 Å². The van der Waals surface area contributed by atoms with Gasteiger partial charge in [0.1, 0.15) is 12.4 Å². The molecule has 1 N–H and O–H groups in total. The fourth-order valence-electron chi connectivity index (χ4n) is 3.14. The minimum absolute atomic E-state index is 0.0414. The predicted molar refractivity (Wildman–Crippen MR) is 119 cm³/mol. The van der Waals surface area contributed by atoms with E-state index in [1.807, 2.05) is 61.5 Å². The van der Waals surface area contributed by atoms with Gasteiger partial charge in [-0.05, 0) is 29.7 Å². The SMILES string of the molecule is CCCOC(=O)CSC1=C(C#N)[C@H](c2ccc(OCc3ccccc3)cc2)CC(=O)N1. The summed E-state index contributed by atoms with van der Waals surface area (Å²) in [7, 11) is 0. The van der Waals surface area contributed by atoms with Gasteiger partial charge < -0.3 is 14.8 Å². The molecule has 0 aromatic heterocycles. The number of nitrogens with one attached hydrogen (secondary N) is 1. The Morgan fingerprint density at radius 3 is 2.61 bits per heavy atom. The summed E-state index contributed by atoms with van der Waals surface area (Å²) in [6, 6.07) is 19.5. The summed E-state index contributed by atoms with van der Waals surface area (Å²) < 4.78 is 10.9. The number of ether oxygens (including phenoxy) is 2. The predicted octanol–water partition coefficient (Wildman–Crippen LogP) is 4.29. The number of hydrogen-bond donors (Lipinski definition) is 1. The first-order valence-corrected chi connectivity index (χ1v) is 11.1. The second-order valence-corrected chi connectivity index (χ2v) is 8.00. The number of carbonyl (C=O) groups is 2. The molecule has 3 rings (SSSR count). The number of nitrogens with zero attached hydrogens (tertiary/aromatic N) is 1. The molecule has 2 aromatic carbocycles. The summed E-state index contributed by atoms with van der Waals surface area (Å²) in [6.07, 6.45) is 0.921. The van der Waals surface area contributed by atoms with E-state index in [9.17, 15) is 14.9 Å². The van der Waals surface area contributed by atoms with Crippen molar-refractivity contribution in [2.24, 2.45) is 0 Å². The molecule has 0 radical (unpaired) electrons. The van der Waals surface area contributed by atoms with Crippen LogP contribution in [0.2, 0.25) is 0 Å². The number of hydrogen-bond acceptors (Lipinski definition) is 6. The lowest BCUT2D eigenvalue weighted by molar-refractivity contribution is -0.140. The van der Waals surface area contributed by atoms with Gasteiger partial charge in [0.05, 0.1) is 29.0 Å². The highest BCUT2D eigenvalue weighted by Gasteiger charge is 2.30. The van der Waals surface area contributed by atoms with Crippen LogP contribution in [0, 0.1) is 11.3 Å². The smallest absolute Gasteiger partial charge is 0.316 e. The lowest BCUT2D eigenvalue weighted by Gasteiger charge is -2.25. The molecule has 1 aliphatic heterocycles. The van der Waals surface area contributed by atoms with Crippen molar-refractivity contribution in [3.63, 3.8) is 0 Å². The van der Waals surface area contributed by atoms with Gasteiger partial charge in [-0.25, -0.2) is 0 Å². The van der Waals surface area contributed by atoms with Crippen LogP contribution in [0.25, 0.3) is 0 Å². The number of rotatable bonds is 9. The van der Waals surface area contributed by atoms with Crippen LogP contribution in [0.15, 0.2) is 65.2 Å². The maximum atomic E-state index is 12.3. The van der Waals surface area contributed by atoms with Gasteiger partial charge in [-0.1, -0.05) is 61.2 Å². The Kier molecular flexibility index (Phi) is 8.13. The Morgan fingerprint density at radius 2 is 1.94 bits per heavy atom. The minimum Gasteiger partial charge on any atom is -0.489 e. The number of thioether (sulfide) groups is 1. The lowest BCUT2D eigenvalue weighted by atomic mass is 9.87. The van der Waals surface area contributed by atoms with Crippen LogP contribution in [-0.4, -0.2) is 24.2 Å². The highest BCUT2D eigenvalue weighted by Crippen LogP contribution is 2.36. The van der Waals surface area contributed by atoms with E-state index >= 15 is 0 Å². The van der Waals surface area contributed by atoms with Gasteiger partial charge in [0.15, 0.2) is 0 Å². The standard InChI is InChI=1S/C24H24N2O4S/c1-2-12-29-23(28)16-31-24-21(14-25)20(13-22(27)26-24)18-8-10-19(11-9-18)30-15-17-6-4-3-5-7-17/h3-11,20H,2,12-13,15-16H2,1H3,(H,26,27)/t20-/m0/s1. The van der Waals surface area contributed by atoms with Crippen molar-refractivity contribution >= 4 is 23.6 Å². The molecule has 160 valence electrons. The molecule has 31 heavy (non-hydrogen) atoms. The van der Waals surface area contributed by atoms with E-state index in [4.69, 9.17) is 9.47 Å². The molecule has 0 spiro atoms. The fraction of sp³-hybridized carbons (Fsp3) is 0.292. The molecule has 1 amide bonds. The van der Waals surface area contributed by atoms with Gasteiger partial charge in [0.2, 0.25) is 5.91 Å². The third-order valence-corrected chi connectivity index (χ3v) is 5.68. The number of nitriles is 1. The topological polar surface area (TPSA) is 88.4 Å². The van der Waals surface area contributed by atoms with Gasteiger partial charge in [-0.2, -0.15) is 5.26 Å². The zero-order valence-corrected chi connectivity index (χ0v) is 18.1.